The molecule has 0 spiro atoms. The molecule has 0 aliphatic carbocycles. The van der Waals surface area contributed by atoms with Crippen molar-refractivity contribution < 1.29 is 14.2 Å². The van der Waals surface area contributed by atoms with Crippen LogP contribution in [0.2, 0.25) is 0 Å². The van der Waals surface area contributed by atoms with Crippen molar-refractivity contribution in [2.45, 2.75) is 50.4 Å². The molecule has 1 N–H and O–H groups in total. The molecule has 0 saturated carbocycles. The second kappa shape index (κ2) is 7.79. The summed E-state index contributed by atoms with van der Waals surface area (Å²) in [5.74, 6) is 0.697. The van der Waals surface area contributed by atoms with Crippen LogP contribution in [0.4, 0.5) is 0 Å². The first-order chi connectivity index (χ1) is 8.92. The number of nitrogens with one attached hydrogen (secondary N) is 1. The van der Waals surface area contributed by atoms with Gasteiger partial charge >= 0.3 is 0 Å². The summed E-state index contributed by atoms with van der Waals surface area (Å²) < 4.78 is 17.3. The van der Waals surface area contributed by atoms with Crippen LogP contribution in [0.3, 0.4) is 0 Å². The van der Waals surface area contributed by atoms with Gasteiger partial charge in [-0.15, -0.1) is 12.4 Å². The second-order valence-corrected chi connectivity index (χ2v) is 5.82. The van der Waals surface area contributed by atoms with Crippen molar-refractivity contribution in [1.82, 2.24) is 5.32 Å². The molecule has 3 aliphatic heterocycles. The van der Waals surface area contributed by atoms with Gasteiger partial charge in [0.1, 0.15) is 0 Å². The molecule has 3 atom stereocenters. The number of ether oxygens (including phenoxy) is 3. The van der Waals surface area contributed by atoms with E-state index >= 15 is 0 Å². The smallest absolute Gasteiger partial charge is 0.0813 e. The van der Waals surface area contributed by atoms with Gasteiger partial charge in [-0.25, -0.2) is 0 Å². The van der Waals surface area contributed by atoms with E-state index in [9.17, 15) is 0 Å². The number of hydrogen-bond donors (Lipinski definition) is 1. The van der Waals surface area contributed by atoms with Crippen LogP contribution in [0.1, 0.15) is 32.1 Å². The number of rotatable bonds is 4. The molecule has 4 nitrogen and oxygen atoms in total. The maximum absolute atomic E-state index is 6.09. The number of halogens is 1. The predicted molar refractivity (Wildman–Crippen MR) is 75.9 cm³/mol. The molecule has 0 bridgehead atoms. The summed E-state index contributed by atoms with van der Waals surface area (Å²) in [5.41, 5.74) is 0. The average molecular weight is 292 g/mol. The van der Waals surface area contributed by atoms with Crippen LogP contribution in [0.25, 0.3) is 0 Å². The summed E-state index contributed by atoms with van der Waals surface area (Å²) in [6.07, 6.45) is 6.63. The van der Waals surface area contributed by atoms with Crippen molar-refractivity contribution in [3.8, 4) is 0 Å². The molecule has 112 valence electrons. The molecule has 3 heterocycles. The molecule has 0 amide bonds. The van der Waals surface area contributed by atoms with Crippen LogP contribution >= 0.6 is 12.4 Å². The van der Waals surface area contributed by atoms with Gasteiger partial charge in [0.05, 0.1) is 18.8 Å². The minimum atomic E-state index is 0. The highest BCUT2D eigenvalue weighted by atomic mass is 35.5. The molecule has 0 aromatic rings. The van der Waals surface area contributed by atoms with Crippen LogP contribution in [0.5, 0.6) is 0 Å². The van der Waals surface area contributed by atoms with Gasteiger partial charge in [0, 0.05) is 25.9 Å². The third-order valence-electron chi connectivity index (χ3n) is 4.45. The van der Waals surface area contributed by atoms with Crippen LogP contribution in [-0.4, -0.2) is 51.2 Å². The Labute approximate surface area is 122 Å². The summed E-state index contributed by atoms with van der Waals surface area (Å²) in [6, 6.07) is 0.608. The molecule has 0 unspecified atom stereocenters. The van der Waals surface area contributed by atoms with E-state index in [4.69, 9.17) is 14.2 Å². The zero-order valence-corrected chi connectivity index (χ0v) is 12.3. The lowest BCUT2D eigenvalue weighted by atomic mass is 10.00. The minimum Gasteiger partial charge on any atom is -0.381 e. The highest BCUT2D eigenvalue weighted by Crippen LogP contribution is 2.25. The van der Waals surface area contributed by atoms with Crippen molar-refractivity contribution in [3.63, 3.8) is 0 Å². The van der Waals surface area contributed by atoms with Gasteiger partial charge in [-0.2, -0.15) is 0 Å². The quantitative estimate of drug-likeness (QED) is 0.857. The average Bonchev–Trinajstić information content (AvgIpc) is 2.87. The molecule has 3 fully saturated rings. The molecule has 3 rings (SSSR count). The summed E-state index contributed by atoms with van der Waals surface area (Å²) in [4.78, 5) is 0. The third-order valence-corrected chi connectivity index (χ3v) is 4.45. The number of fused-ring (bicyclic) bond motifs is 1. The first kappa shape index (κ1) is 15.5. The maximum Gasteiger partial charge on any atom is 0.0813 e. The fourth-order valence-corrected chi connectivity index (χ4v) is 3.28. The Bertz CT molecular complexity index is 261. The third kappa shape index (κ3) is 4.30. The Balaban J connectivity index is 0.00000133. The largest absolute Gasteiger partial charge is 0.381 e. The predicted octanol–water partition coefficient (Wildman–Crippen LogP) is 1.76. The Morgan fingerprint density at radius 3 is 2.68 bits per heavy atom. The molecule has 3 saturated heterocycles. The maximum atomic E-state index is 6.09. The molecule has 0 aromatic carbocycles. The standard InChI is InChI=1S/C14H25NO3.ClH/c1-2-13-14(3-6-15-13)18-12(1)10-17-9-11-4-7-16-8-5-11;/h11-15H,1-10H2;1H/t12-,13-,14-;/m1./s1. The summed E-state index contributed by atoms with van der Waals surface area (Å²) in [6.45, 7) is 4.59. The van der Waals surface area contributed by atoms with Gasteiger partial charge in [0.2, 0.25) is 0 Å². The van der Waals surface area contributed by atoms with E-state index in [1.54, 1.807) is 0 Å². The lowest BCUT2D eigenvalue weighted by Gasteiger charge is -2.32. The van der Waals surface area contributed by atoms with E-state index < -0.39 is 0 Å². The Morgan fingerprint density at radius 1 is 1.00 bits per heavy atom. The van der Waals surface area contributed by atoms with Crippen molar-refractivity contribution in [3.05, 3.63) is 0 Å². The topological polar surface area (TPSA) is 39.7 Å². The first-order valence-electron chi connectivity index (χ1n) is 7.46. The monoisotopic (exact) mass is 291 g/mol. The lowest BCUT2D eigenvalue weighted by Crippen LogP contribution is -2.42. The van der Waals surface area contributed by atoms with Crippen molar-refractivity contribution in [2.75, 3.05) is 33.0 Å². The summed E-state index contributed by atoms with van der Waals surface area (Å²) >= 11 is 0. The highest BCUT2D eigenvalue weighted by molar-refractivity contribution is 5.85. The zero-order chi connectivity index (χ0) is 12.2. The Morgan fingerprint density at radius 2 is 1.84 bits per heavy atom. The van der Waals surface area contributed by atoms with Crippen molar-refractivity contribution >= 4 is 12.4 Å². The van der Waals surface area contributed by atoms with Gasteiger partial charge in [0.15, 0.2) is 0 Å². The van der Waals surface area contributed by atoms with Gasteiger partial charge < -0.3 is 19.5 Å². The van der Waals surface area contributed by atoms with E-state index in [0.29, 0.717) is 24.2 Å². The van der Waals surface area contributed by atoms with E-state index in [1.165, 1.54) is 12.8 Å². The molecular formula is C14H26ClNO3. The van der Waals surface area contributed by atoms with Crippen LogP contribution < -0.4 is 5.32 Å². The zero-order valence-electron chi connectivity index (χ0n) is 11.5. The van der Waals surface area contributed by atoms with Crippen molar-refractivity contribution in [2.24, 2.45) is 5.92 Å². The first-order valence-corrected chi connectivity index (χ1v) is 7.46. The van der Waals surface area contributed by atoms with E-state index in [1.807, 2.05) is 0 Å². The van der Waals surface area contributed by atoms with Gasteiger partial charge in [-0.05, 0) is 44.6 Å². The summed E-state index contributed by atoms with van der Waals surface area (Å²) in [5, 5.41) is 3.51. The van der Waals surface area contributed by atoms with Crippen LogP contribution in [0, 0.1) is 5.92 Å². The SMILES string of the molecule is C1C[C@H]2O[C@@H](COCC3CCOCC3)CC[C@H]2N1.Cl. The minimum absolute atomic E-state index is 0. The van der Waals surface area contributed by atoms with Gasteiger partial charge in [-0.1, -0.05) is 0 Å². The second-order valence-electron chi connectivity index (χ2n) is 5.82. The molecule has 19 heavy (non-hydrogen) atoms. The Kier molecular flexibility index (Phi) is 6.36. The van der Waals surface area contributed by atoms with Crippen LogP contribution in [-0.2, 0) is 14.2 Å². The van der Waals surface area contributed by atoms with Gasteiger partial charge in [-0.3, -0.25) is 0 Å². The lowest BCUT2D eigenvalue weighted by molar-refractivity contribution is -0.0949. The molecular weight excluding hydrogens is 266 g/mol. The van der Waals surface area contributed by atoms with E-state index in [0.717, 1.165) is 52.2 Å². The van der Waals surface area contributed by atoms with Crippen LogP contribution in [0.15, 0.2) is 0 Å². The fraction of sp³-hybridized carbons (Fsp3) is 1.00. The molecule has 0 radical (unpaired) electrons. The molecule has 3 aliphatic rings. The number of hydrogen-bond acceptors (Lipinski definition) is 4. The normalized spacial score (nSPS) is 35.7. The van der Waals surface area contributed by atoms with Crippen molar-refractivity contribution in [1.29, 1.82) is 0 Å². The molecule has 5 heteroatoms. The van der Waals surface area contributed by atoms with E-state index in [-0.39, 0.29) is 12.4 Å². The van der Waals surface area contributed by atoms with E-state index in [2.05, 4.69) is 5.32 Å². The summed E-state index contributed by atoms with van der Waals surface area (Å²) in [7, 11) is 0. The Hall–Kier alpha value is 0.130. The highest BCUT2D eigenvalue weighted by Gasteiger charge is 2.34. The van der Waals surface area contributed by atoms with Gasteiger partial charge in [0.25, 0.3) is 0 Å². The fourth-order valence-electron chi connectivity index (χ4n) is 3.28. The molecule has 0 aromatic heterocycles.